The third kappa shape index (κ3) is 2.25. The van der Waals surface area contributed by atoms with Crippen LogP contribution in [0.5, 0.6) is 0 Å². The van der Waals surface area contributed by atoms with E-state index >= 15 is 0 Å². The molecule has 4 nitrogen and oxygen atoms in total. The van der Waals surface area contributed by atoms with Crippen molar-refractivity contribution in [2.24, 2.45) is 0 Å². The maximum atomic E-state index is 6.05. The van der Waals surface area contributed by atoms with Gasteiger partial charge >= 0.3 is 0 Å². The van der Waals surface area contributed by atoms with Gasteiger partial charge in [-0.3, -0.25) is 0 Å². The van der Waals surface area contributed by atoms with Gasteiger partial charge in [0.05, 0.1) is 25.9 Å². The van der Waals surface area contributed by atoms with Crippen molar-refractivity contribution in [3.63, 3.8) is 0 Å². The smallest absolute Gasteiger partial charge is 0.224 e. The Bertz CT molecular complexity index is 259. The molecule has 2 saturated heterocycles. The second-order valence-electron chi connectivity index (χ2n) is 4.73. The topological polar surface area (TPSA) is 36.9 Å². The highest BCUT2D eigenvalue weighted by molar-refractivity contribution is 14.1. The first-order valence-corrected chi connectivity index (χ1v) is 7.06. The van der Waals surface area contributed by atoms with Gasteiger partial charge in [0.1, 0.15) is 0 Å². The van der Waals surface area contributed by atoms with Gasteiger partial charge in [-0.25, -0.2) is 0 Å². The lowest BCUT2D eigenvalue weighted by atomic mass is 10.2. The van der Waals surface area contributed by atoms with Crippen LogP contribution in [0, 0.1) is 0 Å². The molecule has 3 rings (SSSR count). The van der Waals surface area contributed by atoms with E-state index in [0.29, 0.717) is 19.8 Å². The fourth-order valence-corrected chi connectivity index (χ4v) is 3.64. The lowest BCUT2D eigenvalue weighted by Gasteiger charge is -2.25. The van der Waals surface area contributed by atoms with Gasteiger partial charge in [-0.05, 0) is 35.4 Å². The zero-order valence-electron chi connectivity index (χ0n) is 9.25. The highest BCUT2D eigenvalue weighted by Gasteiger charge is 2.47. The van der Waals surface area contributed by atoms with Crippen LogP contribution in [0.25, 0.3) is 0 Å². The standard InChI is InChI=1S/C11H17IO4/c12-11(13-5-6-14-11)7-9-8-15-10(16-9)3-1-2-4-10/h9H,1-8H2. The van der Waals surface area contributed by atoms with Crippen LogP contribution in [0.2, 0.25) is 0 Å². The Hall–Kier alpha value is 0.570. The molecule has 2 heterocycles. The van der Waals surface area contributed by atoms with Crippen molar-refractivity contribution in [2.45, 2.75) is 47.8 Å². The second-order valence-corrected chi connectivity index (χ2v) is 6.37. The number of hydrogen-bond donors (Lipinski definition) is 0. The van der Waals surface area contributed by atoms with Crippen LogP contribution >= 0.6 is 22.6 Å². The quantitative estimate of drug-likeness (QED) is 0.571. The molecule has 1 aliphatic carbocycles. The van der Waals surface area contributed by atoms with Crippen molar-refractivity contribution in [3.05, 3.63) is 0 Å². The average molecular weight is 340 g/mol. The van der Waals surface area contributed by atoms with Crippen LogP contribution in [-0.4, -0.2) is 35.5 Å². The van der Waals surface area contributed by atoms with Crippen molar-refractivity contribution in [3.8, 4) is 0 Å². The highest BCUT2D eigenvalue weighted by atomic mass is 127. The van der Waals surface area contributed by atoms with Gasteiger partial charge < -0.3 is 18.9 Å². The molecule has 3 aliphatic rings. The summed E-state index contributed by atoms with van der Waals surface area (Å²) < 4.78 is 22.6. The van der Waals surface area contributed by atoms with E-state index in [4.69, 9.17) is 18.9 Å². The second kappa shape index (κ2) is 4.35. The molecule has 0 amide bonds. The lowest BCUT2D eigenvalue weighted by molar-refractivity contribution is -0.171. The van der Waals surface area contributed by atoms with Crippen molar-refractivity contribution < 1.29 is 18.9 Å². The van der Waals surface area contributed by atoms with Crippen molar-refractivity contribution in [2.75, 3.05) is 19.8 Å². The zero-order chi connectivity index (χ0) is 11.1. The first kappa shape index (κ1) is 11.6. The Morgan fingerprint density at radius 3 is 2.44 bits per heavy atom. The minimum absolute atomic E-state index is 0.119. The molecule has 0 aromatic carbocycles. The van der Waals surface area contributed by atoms with E-state index in [2.05, 4.69) is 22.6 Å². The Morgan fingerprint density at radius 2 is 1.75 bits per heavy atom. The summed E-state index contributed by atoms with van der Waals surface area (Å²) >= 11 is 2.23. The molecular weight excluding hydrogens is 323 g/mol. The Kier molecular flexibility index (Phi) is 3.17. The maximum Gasteiger partial charge on any atom is 0.224 e. The van der Waals surface area contributed by atoms with Crippen LogP contribution in [0.4, 0.5) is 0 Å². The van der Waals surface area contributed by atoms with Gasteiger partial charge in [-0.2, -0.15) is 0 Å². The third-order valence-electron chi connectivity index (χ3n) is 3.47. The predicted molar refractivity (Wildman–Crippen MR) is 65.3 cm³/mol. The Balaban J connectivity index is 1.57. The van der Waals surface area contributed by atoms with Gasteiger partial charge in [0, 0.05) is 19.3 Å². The van der Waals surface area contributed by atoms with E-state index in [-0.39, 0.29) is 11.9 Å². The summed E-state index contributed by atoms with van der Waals surface area (Å²) in [5.41, 5.74) is 0. The van der Waals surface area contributed by atoms with Gasteiger partial charge in [-0.15, -0.1) is 0 Å². The van der Waals surface area contributed by atoms with E-state index < -0.39 is 3.79 Å². The maximum absolute atomic E-state index is 6.05. The van der Waals surface area contributed by atoms with E-state index in [1.807, 2.05) is 0 Å². The molecule has 16 heavy (non-hydrogen) atoms. The molecule has 0 bridgehead atoms. The molecule has 0 aromatic rings. The molecule has 1 unspecified atom stereocenters. The average Bonchev–Trinajstić information content (AvgIpc) is 2.93. The van der Waals surface area contributed by atoms with Crippen molar-refractivity contribution in [1.82, 2.24) is 0 Å². The largest absolute Gasteiger partial charge is 0.347 e. The van der Waals surface area contributed by atoms with Gasteiger partial charge in [0.2, 0.25) is 3.79 Å². The number of ether oxygens (including phenoxy) is 4. The minimum atomic E-state index is -0.490. The molecule has 0 radical (unpaired) electrons. The summed E-state index contributed by atoms with van der Waals surface area (Å²) in [6.07, 6.45) is 5.39. The summed E-state index contributed by atoms with van der Waals surface area (Å²) in [5, 5.41) is 0. The Labute approximate surface area is 109 Å². The first-order valence-electron chi connectivity index (χ1n) is 5.98. The molecule has 1 spiro atoms. The molecule has 2 aliphatic heterocycles. The normalized spacial score (nSPS) is 36.2. The summed E-state index contributed by atoms with van der Waals surface area (Å²) in [5.74, 6) is -0.268. The van der Waals surface area contributed by atoms with E-state index in [1.165, 1.54) is 12.8 Å². The van der Waals surface area contributed by atoms with Gasteiger partial charge in [-0.1, -0.05) is 0 Å². The minimum Gasteiger partial charge on any atom is -0.347 e. The van der Waals surface area contributed by atoms with Crippen LogP contribution < -0.4 is 0 Å². The molecule has 5 heteroatoms. The molecule has 1 saturated carbocycles. The number of halogens is 1. The fraction of sp³-hybridized carbons (Fsp3) is 1.00. The number of alkyl halides is 1. The predicted octanol–water partition coefficient (Wildman–Crippen LogP) is 2.20. The number of hydrogen-bond acceptors (Lipinski definition) is 4. The summed E-state index contributed by atoms with van der Waals surface area (Å²) in [7, 11) is 0. The van der Waals surface area contributed by atoms with E-state index in [1.54, 1.807) is 0 Å². The molecule has 0 N–H and O–H groups in total. The summed E-state index contributed by atoms with van der Waals surface area (Å²) in [6.45, 7) is 2.04. The van der Waals surface area contributed by atoms with Crippen LogP contribution in [0.1, 0.15) is 32.1 Å². The summed E-state index contributed by atoms with van der Waals surface area (Å²) in [6, 6.07) is 0. The monoisotopic (exact) mass is 340 g/mol. The fourth-order valence-electron chi connectivity index (χ4n) is 2.71. The first-order chi connectivity index (χ1) is 7.70. The zero-order valence-corrected chi connectivity index (χ0v) is 11.4. The van der Waals surface area contributed by atoms with Crippen molar-refractivity contribution in [1.29, 1.82) is 0 Å². The van der Waals surface area contributed by atoms with Crippen LogP contribution in [-0.2, 0) is 18.9 Å². The third-order valence-corrected chi connectivity index (χ3v) is 4.53. The van der Waals surface area contributed by atoms with Gasteiger partial charge in [0.25, 0.3) is 0 Å². The van der Waals surface area contributed by atoms with Gasteiger partial charge in [0.15, 0.2) is 5.79 Å². The van der Waals surface area contributed by atoms with E-state index in [0.717, 1.165) is 19.3 Å². The summed E-state index contributed by atoms with van der Waals surface area (Å²) in [4.78, 5) is 0. The van der Waals surface area contributed by atoms with Crippen molar-refractivity contribution >= 4 is 22.6 Å². The lowest BCUT2D eigenvalue weighted by Crippen LogP contribution is -2.31. The number of rotatable bonds is 2. The molecule has 1 atom stereocenters. The molecular formula is C11H17IO4. The molecule has 0 aromatic heterocycles. The van der Waals surface area contributed by atoms with Crippen LogP contribution in [0.3, 0.4) is 0 Å². The Morgan fingerprint density at radius 1 is 1.06 bits per heavy atom. The highest BCUT2D eigenvalue weighted by Crippen LogP contribution is 2.42. The molecule has 92 valence electrons. The van der Waals surface area contributed by atoms with E-state index in [9.17, 15) is 0 Å². The van der Waals surface area contributed by atoms with Crippen LogP contribution in [0.15, 0.2) is 0 Å². The SMILES string of the molecule is IC1(CC2COC3(CCCC3)O2)OCCO1. The molecule has 3 fully saturated rings.